The minimum Gasteiger partial charge on any atom is -0.462 e. The Hall–Kier alpha value is -3.72. The zero-order valence-electron chi connectivity index (χ0n) is 17.6. The smallest absolute Gasteiger partial charge is 0.338 e. The van der Waals surface area contributed by atoms with Gasteiger partial charge in [0.15, 0.2) is 5.13 Å². The van der Waals surface area contributed by atoms with E-state index in [-0.39, 0.29) is 18.3 Å². The van der Waals surface area contributed by atoms with E-state index < -0.39 is 6.03 Å². The van der Waals surface area contributed by atoms with Crippen LogP contribution in [0.25, 0.3) is 0 Å². The minimum absolute atomic E-state index is 0.0549. The monoisotopic (exact) mass is 452 g/mol. The molecule has 3 rings (SSSR count). The van der Waals surface area contributed by atoms with E-state index in [0.29, 0.717) is 34.4 Å². The fraction of sp³-hybridized carbons (Fsp3) is 0.217. The third kappa shape index (κ3) is 7.21. The molecular weight excluding hydrogens is 428 g/mol. The Morgan fingerprint density at radius 1 is 0.938 bits per heavy atom. The molecule has 0 aliphatic carbocycles. The zero-order valence-corrected chi connectivity index (χ0v) is 18.4. The van der Waals surface area contributed by atoms with Crippen LogP contribution in [0.5, 0.6) is 0 Å². The van der Waals surface area contributed by atoms with Gasteiger partial charge in [-0.3, -0.25) is 10.1 Å². The minimum atomic E-state index is -0.408. The lowest BCUT2D eigenvalue weighted by atomic mass is 10.2. The number of carbonyl (C=O) groups is 3. The first kappa shape index (κ1) is 23.0. The highest BCUT2D eigenvalue weighted by molar-refractivity contribution is 7.14. The van der Waals surface area contributed by atoms with Crippen LogP contribution in [0, 0.1) is 0 Å². The fourth-order valence-electron chi connectivity index (χ4n) is 2.68. The molecule has 1 heterocycles. The van der Waals surface area contributed by atoms with Crippen LogP contribution in [-0.4, -0.2) is 29.5 Å². The number of thiazole rings is 1. The molecule has 8 nitrogen and oxygen atoms in total. The molecule has 0 aliphatic rings. The number of para-hydroxylation sites is 1. The van der Waals surface area contributed by atoms with E-state index in [0.717, 1.165) is 12.8 Å². The number of rotatable bonds is 9. The van der Waals surface area contributed by atoms with Crippen molar-refractivity contribution in [2.45, 2.75) is 26.2 Å². The Bertz CT molecular complexity index is 1050. The number of amides is 3. The van der Waals surface area contributed by atoms with Crippen LogP contribution in [0.1, 0.15) is 35.8 Å². The van der Waals surface area contributed by atoms with Gasteiger partial charge in [-0.15, -0.1) is 11.3 Å². The normalized spacial score (nSPS) is 10.3. The molecule has 0 fully saturated rings. The number of esters is 1. The van der Waals surface area contributed by atoms with E-state index in [9.17, 15) is 14.4 Å². The molecule has 0 spiro atoms. The topological polar surface area (TPSA) is 109 Å². The average molecular weight is 453 g/mol. The van der Waals surface area contributed by atoms with Crippen LogP contribution >= 0.6 is 11.3 Å². The van der Waals surface area contributed by atoms with Gasteiger partial charge in [-0.25, -0.2) is 14.6 Å². The Morgan fingerprint density at radius 2 is 1.66 bits per heavy atom. The molecule has 0 saturated heterocycles. The van der Waals surface area contributed by atoms with Gasteiger partial charge in [0.05, 0.1) is 24.3 Å². The molecule has 0 aliphatic heterocycles. The molecule has 2 aromatic carbocycles. The summed E-state index contributed by atoms with van der Waals surface area (Å²) in [5.74, 6) is -0.635. The predicted molar refractivity (Wildman–Crippen MR) is 125 cm³/mol. The second kappa shape index (κ2) is 11.6. The molecule has 32 heavy (non-hydrogen) atoms. The highest BCUT2D eigenvalue weighted by Crippen LogP contribution is 2.17. The lowest BCUT2D eigenvalue weighted by Gasteiger charge is -2.07. The number of aromatic nitrogens is 1. The van der Waals surface area contributed by atoms with Crippen LogP contribution in [0.15, 0.2) is 60.0 Å². The van der Waals surface area contributed by atoms with Crippen LogP contribution in [0.2, 0.25) is 0 Å². The van der Waals surface area contributed by atoms with Crippen LogP contribution in [0.4, 0.5) is 21.3 Å². The Balaban J connectivity index is 1.46. The highest BCUT2D eigenvalue weighted by Gasteiger charge is 2.11. The van der Waals surface area contributed by atoms with E-state index in [4.69, 9.17) is 4.74 Å². The summed E-state index contributed by atoms with van der Waals surface area (Å²) in [5, 5.41) is 10.2. The number of nitrogens with one attached hydrogen (secondary N) is 3. The lowest BCUT2D eigenvalue weighted by Crippen LogP contribution is -2.19. The number of urea groups is 1. The SMILES string of the molecule is CCCCOC(=O)c1ccc(NC(=O)Cc2csc(NC(=O)Nc3ccccc3)n2)cc1. The van der Waals surface area contributed by atoms with E-state index in [2.05, 4.69) is 20.9 Å². The summed E-state index contributed by atoms with van der Waals surface area (Å²) < 4.78 is 5.16. The van der Waals surface area contributed by atoms with E-state index in [1.165, 1.54) is 11.3 Å². The van der Waals surface area contributed by atoms with Crippen molar-refractivity contribution in [2.75, 3.05) is 22.6 Å². The predicted octanol–water partition coefficient (Wildman–Crippen LogP) is 4.93. The van der Waals surface area contributed by atoms with Gasteiger partial charge in [-0.1, -0.05) is 31.5 Å². The van der Waals surface area contributed by atoms with Crippen molar-refractivity contribution in [3.8, 4) is 0 Å². The summed E-state index contributed by atoms with van der Waals surface area (Å²) in [6, 6.07) is 15.2. The van der Waals surface area contributed by atoms with Crippen LogP contribution in [-0.2, 0) is 16.0 Å². The van der Waals surface area contributed by atoms with Gasteiger partial charge in [0.2, 0.25) is 5.91 Å². The second-order valence-electron chi connectivity index (χ2n) is 6.88. The van der Waals surface area contributed by atoms with Gasteiger partial charge in [-0.05, 0) is 42.8 Å². The molecule has 0 unspecified atom stereocenters. The number of ether oxygens (including phenoxy) is 1. The van der Waals surface area contributed by atoms with Crippen molar-refractivity contribution >= 4 is 45.8 Å². The first-order valence-electron chi connectivity index (χ1n) is 10.2. The molecule has 3 aromatic rings. The zero-order chi connectivity index (χ0) is 22.8. The van der Waals surface area contributed by atoms with Gasteiger partial charge >= 0.3 is 12.0 Å². The number of unbranched alkanes of at least 4 members (excludes halogenated alkanes) is 1. The number of hydrogen-bond donors (Lipinski definition) is 3. The summed E-state index contributed by atoms with van der Waals surface area (Å²) in [7, 11) is 0. The van der Waals surface area contributed by atoms with Gasteiger partial charge in [0.25, 0.3) is 0 Å². The molecule has 166 valence electrons. The number of carbonyl (C=O) groups excluding carboxylic acids is 3. The van der Waals surface area contributed by atoms with Crippen molar-refractivity contribution in [2.24, 2.45) is 0 Å². The third-order valence-corrected chi connectivity index (χ3v) is 5.09. The molecule has 0 bridgehead atoms. The number of hydrogen-bond acceptors (Lipinski definition) is 6. The molecule has 3 amide bonds. The maximum absolute atomic E-state index is 12.3. The first-order valence-corrected chi connectivity index (χ1v) is 11.1. The molecule has 0 radical (unpaired) electrons. The first-order chi connectivity index (χ1) is 15.5. The van der Waals surface area contributed by atoms with E-state index >= 15 is 0 Å². The standard InChI is InChI=1S/C23H24N4O4S/c1-2-3-13-31-21(29)16-9-11-18(12-10-16)24-20(28)14-19-15-32-23(26-19)27-22(30)25-17-7-5-4-6-8-17/h4-12,15H,2-3,13-14H2,1H3,(H,24,28)(H2,25,26,27,30). The van der Waals surface area contributed by atoms with E-state index in [1.54, 1.807) is 41.8 Å². The largest absolute Gasteiger partial charge is 0.462 e. The molecular formula is C23H24N4O4S. The fourth-order valence-corrected chi connectivity index (χ4v) is 3.38. The number of benzene rings is 2. The quantitative estimate of drug-likeness (QED) is 0.315. The summed E-state index contributed by atoms with van der Waals surface area (Å²) in [6.45, 7) is 2.42. The maximum Gasteiger partial charge on any atom is 0.338 e. The summed E-state index contributed by atoms with van der Waals surface area (Å²) >= 11 is 1.24. The third-order valence-electron chi connectivity index (χ3n) is 4.28. The maximum atomic E-state index is 12.3. The highest BCUT2D eigenvalue weighted by atomic mass is 32.1. The number of nitrogens with zero attached hydrogens (tertiary/aromatic N) is 1. The Labute approximate surface area is 190 Å². The van der Waals surface area contributed by atoms with Crippen molar-refractivity contribution in [3.05, 3.63) is 71.2 Å². The van der Waals surface area contributed by atoms with E-state index in [1.807, 2.05) is 25.1 Å². The lowest BCUT2D eigenvalue weighted by molar-refractivity contribution is -0.115. The summed E-state index contributed by atoms with van der Waals surface area (Å²) in [4.78, 5) is 40.5. The average Bonchev–Trinajstić information content (AvgIpc) is 3.21. The van der Waals surface area contributed by atoms with Crippen molar-refractivity contribution in [3.63, 3.8) is 0 Å². The number of anilines is 3. The second-order valence-corrected chi connectivity index (χ2v) is 7.74. The molecule has 9 heteroatoms. The van der Waals surface area contributed by atoms with Gasteiger partial charge in [0.1, 0.15) is 0 Å². The van der Waals surface area contributed by atoms with Gasteiger partial charge in [0, 0.05) is 16.8 Å². The molecule has 1 aromatic heterocycles. The van der Waals surface area contributed by atoms with Crippen LogP contribution in [0.3, 0.4) is 0 Å². The van der Waals surface area contributed by atoms with Crippen molar-refractivity contribution in [1.29, 1.82) is 0 Å². The van der Waals surface area contributed by atoms with Gasteiger partial charge in [-0.2, -0.15) is 0 Å². The summed E-state index contributed by atoms with van der Waals surface area (Å²) in [5.41, 5.74) is 2.21. The molecule has 0 saturated carbocycles. The van der Waals surface area contributed by atoms with Gasteiger partial charge < -0.3 is 15.4 Å². The molecule has 3 N–H and O–H groups in total. The van der Waals surface area contributed by atoms with Crippen LogP contribution < -0.4 is 16.0 Å². The van der Waals surface area contributed by atoms with Crippen molar-refractivity contribution < 1.29 is 19.1 Å². The Kier molecular flexibility index (Phi) is 8.33. The van der Waals surface area contributed by atoms with Crippen molar-refractivity contribution in [1.82, 2.24) is 4.98 Å². The molecule has 0 atom stereocenters. The summed E-state index contributed by atoms with van der Waals surface area (Å²) in [6.07, 6.45) is 1.83. The Morgan fingerprint density at radius 3 is 2.38 bits per heavy atom.